The summed E-state index contributed by atoms with van der Waals surface area (Å²) in [6.45, 7) is 2.34. The Bertz CT molecular complexity index is 807. The van der Waals surface area contributed by atoms with Crippen LogP contribution in [-0.4, -0.2) is 22.7 Å². The van der Waals surface area contributed by atoms with Gasteiger partial charge in [0.1, 0.15) is 18.1 Å². The summed E-state index contributed by atoms with van der Waals surface area (Å²) in [4.78, 5) is 2.44. The number of ether oxygens (including phenoxy) is 1. The summed E-state index contributed by atoms with van der Waals surface area (Å²) in [5, 5.41) is 10.2. The van der Waals surface area contributed by atoms with E-state index in [2.05, 4.69) is 53.4 Å². The first kappa shape index (κ1) is 16.7. The maximum atomic E-state index is 10.2. The van der Waals surface area contributed by atoms with Gasteiger partial charge in [-0.3, -0.25) is 4.90 Å². The molecule has 26 heavy (non-hydrogen) atoms. The molecule has 0 radical (unpaired) electrons. The molecule has 1 aliphatic heterocycles. The zero-order valence-corrected chi connectivity index (χ0v) is 14.7. The second-order valence-corrected chi connectivity index (χ2v) is 6.80. The summed E-state index contributed by atoms with van der Waals surface area (Å²) >= 11 is 0. The van der Waals surface area contributed by atoms with Crippen molar-refractivity contribution in [3.8, 4) is 11.5 Å². The lowest BCUT2D eigenvalue weighted by atomic mass is 9.99. The molecule has 1 heterocycles. The minimum absolute atomic E-state index is 0.219. The van der Waals surface area contributed by atoms with E-state index >= 15 is 0 Å². The lowest BCUT2D eigenvalue weighted by molar-refractivity contribution is 0.105. The molecule has 0 unspecified atom stereocenters. The number of rotatable bonds is 5. The Morgan fingerprint density at radius 2 is 1.42 bits per heavy atom. The van der Waals surface area contributed by atoms with Crippen molar-refractivity contribution in [3.05, 3.63) is 95.6 Å². The zero-order chi connectivity index (χ0) is 17.8. The van der Waals surface area contributed by atoms with Gasteiger partial charge in [0.2, 0.25) is 0 Å². The third-order valence-electron chi connectivity index (χ3n) is 4.95. The van der Waals surface area contributed by atoms with Gasteiger partial charge in [-0.05, 0) is 29.7 Å². The monoisotopic (exact) mass is 345 g/mol. The van der Waals surface area contributed by atoms with Gasteiger partial charge in [-0.2, -0.15) is 0 Å². The highest BCUT2D eigenvalue weighted by Crippen LogP contribution is 2.33. The molecule has 0 aromatic heterocycles. The summed E-state index contributed by atoms with van der Waals surface area (Å²) in [5.74, 6) is 1.13. The molecule has 3 aromatic carbocycles. The van der Waals surface area contributed by atoms with E-state index < -0.39 is 0 Å². The minimum Gasteiger partial charge on any atom is -0.508 e. The summed E-state index contributed by atoms with van der Waals surface area (Å²) in [6.07, 6.45) is 0.793. The quantitative estimate of drug-likeness (QED) is 0.744. The highest BCUT2D eigenvalue weighted by Gasteiger charge is 2.27. The van der Waals surface area contributed by atoms with Gasteiger partial charge in [0.05, 0.1) is 0 Å². The number of phenolic OH excluding ortho intramolecular Hbond substituents is 1. The molecule has 0 fully saturated rings. The van der Waals surface area contributed by atoms with Crippen LogP contribution in [0.4, 0.5) is 0 Å². The SMILES string of the molecule is Oc1cccc2c1C[C@H](N(Cc1ccccc1)Cc1ccccc1)CO2. The van der Waals surface area contributed by atoms with E-state index in [1.165, 1.54) is 11.1 Å². The summed E-state index contributed by atoms with van der Waals surface area (Å²) in [5.41, 5.74) is 3.48. The molecule has 132 valence electrons. The van der Waals surface area contributed by atoms with E-state index in [0.29, 0.717) is 12.4 Å². The molecule has 3 aromatic rings. The van der Waals surface area contributed by atoms with Crippen LogP contribution in [0.25, 0.3) is 0 Å². The van der Waals surface area contributed by atoms with Crippen LogP contribution >= 0.6 is 0 Å². The van der Waals surface area contributed by atoms with Crippen molar-refractivity contribution in [2.75, 3.05) is 6.61 Å². The van der Waals surface area contributed by atoms with E-state index in [1.54, 1.807) is 6.07 Å². The first-order chi connectivity index (χ1) is 12.8. The van der Waals surface area contributed by atoms with Gasteiger partial charge in [0.15, 0.2) is 0 Å². The van der Waals surface area contributed by atoms with Crippen LogP contribution in [0.5, 0.6) is 11.5 Å². The fourth-order valence-corrected chi connectivity index (χ4v) is 3.56. The number of phenols is 1. The Kier molecular flexibility index (Phi) is 4.89. The molecule has 1 atom stereocenters. The number of hydrogen-bond acceptors (Lipinski definition) is 3. The zero-order valence-electron chi connectivity index (χ0n) is 14.7. The molecule has 0 amide bonds. The van der Waals surface area contributed by atoms with Crippen LogP contribution < -0.4 is 4.74 Å². The molecule has 0 bridgehead atoms. The van der Waals surface area contributed by atoms with Crippen molar-refractivity contribution in [1.82, 2.24) is 4.90 Å². The Labute approximate surface area is 154 Å². The standard InChI is InChI=1S/C23H23NO2/c25-22-12-7-13-23-21(22)14-20(17-26-23)24(15-18-8-3-1-4-9-18)16-19-10-5-2-6-11-19/h1-13,20,25H,14-17H2/t20-/m0/s1. The Morgan fingerprint density at radius 3 is 2.04 bits per heavy atom. The summed E-state index contributed by atoms with van der Waals surface area (Å²) in [6, 6.07) is 26.8. The predicted molar refractivity (Wildman–Crippen MR) is 103 cm³/mol. The number of benzene rings is 3. The third-order valence-corrected chi connectivity index (χ3v) is 4.95. The average molecular weight is 345 g/mol. The van der Waals surface area contributed by atoms with Gasteiger partial charge < -0.3 is 9.84 Å². The summed E-state index contributed by atoms with van der Waals surface area (Å²) < 4.78 is 5.97. The molecular formula is C23H23NO2. The molecule has 1 N–H and O–H groups in total. The van der Waals surface area contributed by atoms with Crippen LogP contribution in [0.3, 0.4) is 0 Å². The number of hydrogen-bond donors (Lipinski definition) is 1. The third kappa shape index (κ3) is 3.73. The lowest BCUT2D eigenvalue weighted by Gasteiger charge is -2.35. The van der Waals surface area contributed by atoms with Crippen molar-refractivity contribution in [2.45, 2.75) is 25.6 Å². The van der Waals surface area contributed by atoms with E-state index in [-0.39, 0.29) is 6.04 Å². The first-order valence-corrected chi connectivity index (χ1v) is 9.05. The first-order valence-electron chi connectivity index (χ1n) is 9.05. The van der Waals surface area contributed by atoms with Crippen LogP contribution in [0.2, 0.25) is 0 Å². The van der Waals surface area contributed by atoms with Gasteiger partial charge in [0, 0.05) is 24.7 Å². The van der Waals surface area contributed by atoms with Crippen LogP contribution in [0.1, 0.15) is 16.7 Å². The van der Waals surface area contributed by atoms with Gasteiger partial charge in [-0.15, -0.1) is 0 Å². The summed E-state index contributed by atoms with van der Waals surface area (Å²) in [7, 11) is 0. The lowest BCUT2D eigenvalue weighted by Crippen LogP contribution is -2.42. The molecular weight excluding hydrogens is 322 g/mol. The van der Waals surface area contributed by atoms with Crippen LogP contribution in [0.15, 0.2) is 78.9 Å². The van der Waals surface area contributed by atoms with E-state index in [4.69, 9.17) is 4.74 Å². The van der Waals surface area contributed by atoms with Gasteiger partial charge in [-0.1, -0.05) is 66.7 Å². The molecule has 4 rings (SSSR count). The smallest absolute Gasteiger partial charge is 0.126 e. The Balaban J connectivity index is 1.59. The van der Waals surface area contributed by atoms with E-state index in [9.17, 15) is 5.11 Å². The van der Waals surface area contributed by atoms with Gasteiger partial charge >= 0.3 is 0 Å². The van der Waals surface area contributed by atoms with E-state index in [1.807, 2.05) is 24.3 Å². The normalized spacial score (nSPS) is 16.1. The molecule has 0 saturated carbocycles. The highest BCUT2D eigenvalue weighted by atomic mass is 16.5. The van der Waals surface area contributed by atoms with Crippen LogP contribution in [0, 0.1) is 0 Å². The molecule has 3 heteroatoms. The van der Waals surface area contributed by atoms with Crippen molar-refractivity contribution in [1.29, 1.82) is 0 Å². The van der Waals surface area contributed by atoms with Crippen LogP contribution in [-0.2, 0) is 19.5 Å². The largest absolute Gasteiger partial charge is 0.508 e. The van der Waals surface area contributed by atoms with Crippen molar-refractivity contribution in [2.24, 2.45) is 0 Å². The average Bonchev–Trinajstić information content (AvgIpc) is 2.69. The molecule has 0 aliphatic carbocycles. The maximum Gasteiger partial charge on any atom is 0.126 e. The van der Waals surface area contributed by atoms with E-state index in [0.717, 1.165) is 30.8 Å². The minimum atomic E-state index is 0.219. The fraction of sp³-hybridized carbons (Fsp3) is 0.217. The Morgan fingerprint density at radius 1 is 0.808 bits per heavy atom. The fourth-order valence-electron chi connectivity index (χ4n) is 3.56. The van der Waals surface area contributed by atoms with Gasteiger partial charge in [-0.25, -0.2) is 0 Å². The number of aromatic hydroxyl groups is 1. The molecule has 0 saturated heterocycles. The van der Waals surface area contributed by atoms with Crippen molar-refractivity contribution in [3.63, 3.8) is 0 Å². The van der Waals surface area contributed by atoms with Gasteiger partial charge in [0.25, 0.3) is 0 Å². The maximum absolute atomic E-state index is 10.2. The number of nitrogens with zero attached hydrogens (tertiary/aromatic N) is 1. The second-order valence-electron chi connectivity index (χ2n) is 6.80. The molecule has 3 nitrogen and oxygen atoms in total. The molecule has 0 spiro atoms. The Hall–Kier alpha value is -2.78. The topological polar surface area (TPSA) is 32.7 Å². The number of fused-ring (bicyclic) bond motifs is 1. The van der Waals surface area contributed by atoms with Crippen molar-refractivity contribution >= 4 is 0 Å². The predicted octanol–water partition coefficient (Wildman–Crippen LogP) is 4.40. The highest BCUT2D eigenvalue weighted by molar-refractivity contribution is 5.45. The molecule has 1 aliphatic rings. The second kappa shape index (κ2) is 7.63. The van der Waals surface area contributed by atoms with Crippen molar-refractivity contribution < 1.29 is 9.84 Å².